The Morgan fingerprint density at radius 1 is 1.36 bits per heavy atom. The first kappa shape index (κ1) is 13.9. The molecule has 2 bridgehead atoms. The summed E-state index contributed by atoms with van der Waals surface area (Å²) in [5.74, 6) is 1.27. The molecule has 3 nitrogen and oxygen atoms in total. The maximum atomic E-state index is 10.9. The molecule has 1 N–H and O–H groups in total. The molecule has 0 aliphatic carbocycles. The lowest BCUT2D eigenvalue weighted by molar-refractivity contribution is -0.0449. The maximum absolute atomic E-state index is 10.9. The van der Waals surface area contributed by atoms with Gasteiger partial charge in [-0.3, -0.25) is 9.88 Å². The molecule has 5 rings (SSSR count). The van der Waals surface area contributed by atoms with Crippen LogP contribution in [0.15, 0.2) is 49.2 Å². The molecule has 0 amide bonds. The van der Waals surface area contributed by atoms with E-state index in [1.54, 1.807) is 0 Å². The van der Waals surface area contributed by atoms with Crippen molar-refractivity contribution in [3.05, 3.63) is 54.7 Å². The second-order valence-electron chi connectivity index (χ2n) is 6.65. The molecule has 1 unspecified atom stereocenters. The summed E-state index contributed by atoms with van der Waals surface area (Å²) in [6.07, 6.45) is 5.77. The first-order valence-electron chi connectivity index (χ1n) is 8.15. The van der Waals surface area contributed by atoms with E-state index in [9.17, 15) is 5.11 Å². The Balaban J connectivity index is 1.61. The number of hydrogen-bond donors (Lipinski definition) is 1. The molecule has 3 saturated heterocycles. The Morgan fingerprint density at radius 2 is 2.23 bits per heavy atom. The quantitative estimate of drug-likeness (QED) is 0.883. The highest BCUT2D eigenvalue weighted by Gasteiger charge is 2.42. The molecule has 3 aliphatic heterocycles. The number of fused-ring (bicyclic) bond motifs is 4. The molecule has 3 fully saturated rings. The Bertz CT molecular complexity index is 699. The van der Waals surface area contributed by atoms with Gasteiger partial charge in [-0.25, -0.2) is 0 Å². The summed E-state index contributed by atoms with van der Waals surface area (Å²) in [6.45, 7) is 6.10. The zero-order valence-corrected chi connectivity index (χ0v) is 12.7. The van der Waals surface area contributed by atoms with Gasteiger partial charge in [-0.2, -0.15) is 0 Å². The third-order valence-corrected chi connectivity index (χ3v) is 5.47. The summed E-state index contributed by atoms with van der Waals surface area (Å²) in [5, 5.41) is 12.0. The third-order valence-electron chi connectivity index (χ3n) is 5.47. The van der Waals surface area contributed by atoms with Gasteiger partial charge >= 0.3 is 0 Å². The van der Waals surface area contributed by atoms with Gasteiger partial charge < -0.3 is 5.11 Å². The predicted octanol–water partition coefficient (Wildman–Crippen LogP) is 3.16. The maximum Gasteiger partial charge on any atom is 0.0960 e. The van der Waals surface area contributed by atoms with Gasteiger partial charge in [0, 0.05) is 29.7 Å². The molecule has 3 aliphatic rings. The lowest BCUT2D eigenvalue weighted by Crippen LogP contribution is -2.54. The van der Waals surface area contributed by atoms with Gasteiger partial charge in [-0.05, 0) is 43.4 Å². The van der Waals surface area contributed by atoms with Crippen molar-refractivity contribution in [3.8, 4) is 0 Å². The first-order valence-corrected chi connectivity index (χ1v) is 8.15. The normalized spacial score (nSPS) is 32.0. The number of benzene rings is 1. The molecule has 4 heterocycles. The van der Waals surface area contributed by atoms with Crippen molar-refractivity contribution in [2.75, 3.05) is 13.1 Å². The van der Waals surface area contributed by atoms with Crippen molar-refractivity contribution >= 4 is 10.9 Å². The van der Waals surface area contributed by atoms with Crippen LogP contribution in [-0.4, -0.2) is 34.1 Å². The monoisotopic (exact) mass is 294 g/mol. The highest BCUT2D eigenvalue weighted by molar-refractivity contribution is 5.78. The van der Waals surface area contributed by atoms with E-state index >= 15 is 0 Å². The fourth-order valence-corrected chi connectivity index (χ4v) is 4.18. The number of hydrogen-bond acceptors (Lipinski definition) is 3. The lowest BCUT2D eigenvalue weighted by atomic mass is 9.74. The van der Waals surface area contributed by atoms with Gasteiger partial charge in [-0.1, -0.05) is 24.3 Å². The third kappa shape index (κ3) is 2.25. The molecule has 3 heteroatoms. The second kappa shape index (κ2) is 5.49. The number of aliphatic hydroxyl groups is 1. The molecular weight excluding hydrogens is 272 g/mol. The number of rotatable bonds is 3. The van der Waals surface area contributed by atoms with Crippen molar-refractivity contribution in [3.63, 3.8) is 0 Å². The van der Waals surface area contributed by atoms with E-state index in [1.807, 2.05) is 24.4 Å². The van der Waals surface area contributed by atoms with E-state index in [0.29, 0.717) is 11.8 Å². The molecule has 114 valence electrons. The minimum Gasteiger partial charge on any atom is -0.387 e. The topological polar surface area (TPSA) is 36.4 Å². The van der Waals surface area contributed by atoms with Crippen LogP contribution in [0.2, 0.25) is 0 Å². The summed E-state index contributed by atoms with van der Waals surface area (Å²) >= 11 is 0. The highest BCUT2D eigenvalue weighted by atomic mass is 16.3. The van der Waals surface area contributed by atoms with Crippen LogP contribution in [0.5, 0.6) is 0 Å². The fraction of sp³-hybridized carbons (Fsp3) is 0.421. The van der Waals surface area contributed by atoms with E-state index < -0.39 is 6.10 Å². The van der Waals surface area contributed by atoms with Crippen LogP contribution in [-0.2, 0) is 0 Å². The van der Waals surface area contributed by atoms with Crippen molar-refractivity contribution < 1.29 is 5.11 Å². The molecule has 1 aromatic heterocycles. The van der Waals surface area contributed by atoms with Gasteiger partial charge in [-0.15, -0.1) is 6.58 Å². The van der Waals surface area contributed by atoms with Crippen molar-refractivity contribution in [2.24, 2.45) is 11.8 Å². The summed E-state index contributed by atoms with van der Waals surface area (Å²) in [6, 6.07) is 10.4. The van der Waals surface area contributed by atoms with Crippen LogP contribution in [0.3, 0.4) is 0 Å². The minimum absolute atomic E-state index is 0.220. The van der Waals surface area contributed by atoms with Crippen LogP contribution in [0.4, 0.5) is 0 Å². The molecule has 2 aromatic rings. The SMILES string of the molecule is C=C[C@@H]1CN2CC[C@H]1C[C@@H]2[C@@H](O)c1cnc2ccccc2c1. The Hall–Kier alpha value is -1.71. The zero-order chi connectivity index (χ0) is 15.1. The molecule has 0 radical (unpaired) electrons. The summed E-state index contributed by atoms with van der Waals surface area (Å²) < 4.78 is 0. The van der Waals surface area contributed by atoms with Crippen LogP contribution in [0, 0.1) is 11.8 Å². The zero-order valence-electron chi connectivity index (χ0n) is 12.7. The molecule has 0 saturated carbocycles. The number of para-hydroxylation sites is 1. The minimum atomic E-state index is -0.453. The predicted molar refractivity (Wildman–Crippen MR) is 88.5 cm³/mol. The second-order valence-corrected chi connectivity index (χ2v) is 6.65. The van der Waals surface area contributed by atoms with Gasteiger partial charge in [0.25, 0.3) is 0 Å². The summed E-state index contributed by atoms with van der Waals surface area (Å²) in [5.41, 5.74) is 1.92. The number of pyridine rings is 1. The van der Waals surface area contributed by atoms with E-state index in [-0.39, 0.29) is 6.04 Å². The summed E-state index contributed by atoms with van der Waals surface area (Å²) in [7, 11) is 0. The summed E-state index contributed by atoms with van der Waals surface area (Å²) in [4.78, 5) is 6.93. The van der Waals surface area contributed by atoms with Gasteiger partial charge in [0.15, 0.2) is 0 Å². The number of nitrogens with zero attached hydrogens (tertiary/aromatic N) is 2. The molecular formula is C19H22N2O. The highest BCUT2D eigenvalue weighted by Crippen LogP contribution is 2.41. The molecule has 5 atom stereocenters. The smallest absolute Gasteiger partial charge is 0.0960 e. The number of aromatic nitrogens is 1. The van der Waals surface area contributed by atoms with E-state index in [2.05, 4.69) is 34.7 Å². The van der Waals surface area contributed by atoms with Crippen molar-refractivity contribution in [2.45, 2.75) is 25.0 Å². The molecule has 1 aromatic carbocycles. The average Bonchev–Trinajstić information content (AvgIpc) is 2.60. The van der Waals surface area contributed by atoms with Gasteiger partial charge in [0.2, 0.25) is 0 Å². The molecule has 22 heavy (non-hydrogen) atoms. The lowest BCUT2D eigenvalue weighted by Gasteiger charge is -2.50. The van der Waals surface area contributed by atoms with Gasteiger partial charge in [0.1, 0.15) is 0 Å². The first-order chi connectivity index (χ1) is 10.8. The van der Waals surface area contributed by atoms with Crippen molar-refractivity contribution in [1.29, 1.82) is 0 Å². The number of piperidine rings is 3. The van der Waals surface area contributed by atoms with E-state index in [1.165, 1.54) is 6.42 Å². The van der Waals surface area contributed by atoms with Crippen LogP contribution in [0.25, 0.3) is 10.9 Å². The van der Waals surface area contributed by atoms with E-state index in [0.717, 1.165) is 36.0 Å². The Labute approximate surface area is 131 Å². The fourth-order valence-electron chi connectivity index (χ4n) is 4.18. The van der Waals surface area contributed by atoms with Crippen molar-refractivity contribution in [1.82, 2.24) is 9.88 Å². The molecule has 0 spiro atoms. The number of aliphatic hydroxyl groups excluding tert-OH is 1. The Kier molecular flexibility index (Phi) is 3.47. The average molecular weight is 294 g/mol. The Morgan fingerprint density at radius 3 is 3.00 bits per heavy atom. The van der Waals surface area contributed by atoms with Crippen LogP contribution >= 0.6 is 0 Å². The van der Waals surface area contributed by atoms with Crippen LogP contribution in [0.1, 0.15) is 24.5 Å². The van der Waals surface area contributed by atoms with Gasteiger partial charge in [0.05, 0.1) is 11.6 Å². The standard InChI is InChI=1S/C19H22N2O/c1-2-13-12-21-8-7-14(13)10-18(21)19(22)16-9-15-5-3-4-6-17(15)20-11-16/h2-6,9,11,13-14,18-19,22H,1,7-8,10,12H2/t13-,14+,18-,19+/m1/s1. The van der Waals surface area contributed by atoms with Crippen LogP contribution < -0.4 is 0 Å². The van der Waals surface area contributed by atoms with E-state index in [4.69, 9.17) is 0 Å². The largest absolute Gasteiger partial charge is 0.387 e.